The quantitative estimate of drug-likeness (QED) is 0.797. The third-order valence-corrected chi connectivity index (χ3v) is 5.48. The topological polar surface area (TPSA) is 55.8 Å². The van der Waals surface area contributed by atoms with Crippen LogP contribution in [0.25, 0.3) is 0 Å². The summed E-state index contributed by atoms with van der Waals surface area (Å²) in [5, 5.41) is 0. The van der Waals surface area contributed by atoms with Gasteiger partial charge >= 0.3 is 12.1 Å². The van der Waals surface area contributed by atoms with Gasteiger partial charge in [0.05, 0.1) is 13.0 Å². The highest BCUT2D eigenvalue weighted by atomic mass is 16.6. The van der Waals surface area contributed by atoms with E-state index in [-0.39, 0.29) is 23.4 Å². The Balaban J connectivity index is 1.48. The van der Waals surface area contributed by atoms with Crippen LogP contribution in [0.4, 0.5) is 4.79 Å². The van der Waals surface area contributed by atoms with Crippen LogP contribution >= 0.6 is 0 Å². The molecule has 0 unspecified atom stereocenters. The van der Waals surface area contributed by atoms with E-state index in [1.54, 1.807) is 0 Å². The van der Waals surface area contributed by atoms with Crippen molar-refractivity contribution in [1.82, 2.24) is 4.90 Å². The highest BCUT2D eigenvalue weighted by molar-refractivity contribution is 5.72. The zero-order valence-electron chi connectivity index (χ0n) is 14.2. The number of esters is 1. The van der Waals surface area contributed by atoms with E-state index in [0.717, 1.165) is 50.8 Å². The second kappa shape index (κ2) is 7.24. The van der Waals surface area contributed by atoms with E-state index in [1.165, 1.54) is 7.11 Å². The smallest absolute Gasteiger partial charge is 0.410 e. The predicted molar refractivity (Wildman–Crippen MR) is 89.2 cm³/mol. The van der Waals surface area contributed by atoms with E-state index < -0.39 is 0 Å². The van der Waals surface area contributed by atoms with Crippen LogP contribution in [-0.2, 0) is 20.9 Å². The van der Waals surface area contributed by atoms with Crippen molar-refractivity contribution in [2.75, 3.05) is 20.2 Å². The number of benzene rings is 1. The van der Waals surface area contributed by atoms with Gasteiger partial charge in [0.15, 0.2) is 0 Å². The van der Waals surface area contributed by atoms with Crippen LogP contribution < -0.4 is 0 Å². The lowest BCUT2D eigenvalue weighted by atomic mass is 9.70. The van der Waals surface area contributed by atoms with Crippen LogP contribution in [0.1, 0.15) is 37.7 Å². The van der Waals surface area contributed by atoms with Gasteiger partial charge in [0, 0.05) is 13.1 Å². The molecule has 24 heavy (non-hydrogen) atoms. The molecule has 0 radical (unpaired) electrons. The number of hydrogen-bond acceptors (Lipinski definition) is 4. The number of carbonyl (C=O) groups is 2. The lowest BCUT2D eigenvalue weighted by Crippen LogP contribution is -2.36. The molecule has 1 saturated carbocycles. The Bertz CT molecular complexity index is 578. The molecule has 1 heterocycles. The molecule has 0 aromatic heterocycles. The van der Waals surface area contributed by atoms with E-state index in [2.05, 4.69) is 0 Å². The fourth-order valence-electron chi connectivity index (χ4n) is 3.94. The molecule has 1 aliphatic heterocycles. The van der Waals surface area contributed by atoms with E-state index >= 15 is 0 Å². The molecule has 1 aromatic rings. The van der Waals surface area contributed by atoms with Gasteiger partial charge in [-0.15, -0.1) is 0 Å². The SMILES string of the molecule is COC(=O)C1CCC2(CC1)CCN(C(=O)OCc1ccccc1)C2. The van der Waals surface area contributed by atoms with E-state index in [9.17, 15) is 9.59 Å². The molecule has 130 valence electrons. The van der Waals surface area contributed by atoms with E-state index in [0.29, 0.717) is 6.61 Å². The van der Waals surface area contributed by atoms with Crippen LogP contribution in [0, 0.1) is 11.3 Å². The summed E-state index contributed by atoms with van der Waals surface area (Å²) in [5.74, 6) is -0.0679. The van der Waals surface area contributed by atoms with Gasteiger partial charge in [-0.1, -0.05) is 30.3 Å². The number of rotatable bonds is 3. The zero-order valence-corrected chi connectivity index (χ0v) is 14.2. The Morgan fingerprint density at radius 3 is 2.54 bits per heavy atom. The van der Waals surface area contributed by atoms with Gasteiger partial charge in [-0.05, 0) is 43.1 Å². The summed E-state index contributed by atoms with van der Waals surface area (Å²) in [4.78, 5) is 25.8. The first-order valence-electron chi connectivity index (χ1n) is 8.65. The van der Waals surface area contributed by atoms with Crippen molar-refractivity contribution >= 4 is 12.1 Å². The van der Waals surface area contributed by atoms with Crippen LogP contribution in [-0.4, -0.2) is 37.2 Å². The van der Waals surface area contributed by atoms with Gasteiger partial charge in [-0.25, -0.2) is 4.79 Å². The summed E-state index contributed by atoms with van der Waals surface area (Å²) in [6.07, 6.45) is 4.45. The van der Waals surface area contributed by atoms with Crippen molar-refractivity contribution in [2.45, 2.75) is 38.7 Å². The number of ether oxygens (including phenoxy) is 2. The minimum atomic E-state index is -0.231. The largest absolute Gasteiger partial charge is 0.469 e. The number of hydrogen-bond donors (Lipinski definition) is 0. The van der Waals surface area contributed by atoms with Gasteiger partial charge in [-0.3, -0.25) is 4.79 Å². The van der Waals surface area contributed by atoms with Crippen molar-refractivity contribution in [2.24, 2.45) is 11.3 Å². The molecule has 5 nitrogen and oxygen atoms in total. The highest BCUT2D eigenvalue weighted by Gasteiger charge is 2.44. The fraction of sp³-hybridized carbons (Fsp3) is 0.579. The van der Waals surface area contributed by atoms with Crippen molar-refractivity contribution in [3.8, 4) is 0 Å². The summed E-state index contributed by atoms with van der Waals surface area (Å²) in [6, 6.07) is 9.72. The van der Waals surface area contributed by atoms with Gasteiger partial charge in [0.2, 0.25) is 0 Å². The first-order chi connectivity index (χ1) is 11.6. The maximum atomic E-state index is 12.3. The Hall–Kier alpha value is -2.04. The van der Waals surface area contributed by atoms with Crippen molar-refractivity contribution in [1.29, 1.82) is 0 Å². The molecular formula is C19H25NO4. The molecule has 0 bridgehead atoms. The summed E-state index contributed by atoms with van der Waals surface area (Å²) < 4.78 is 10.3. The van der Waals surface area contributed by atoms with Crippen LogP contribution in [0.3, 0.4) is 0 Å². The normalized spacial score (nSPS) is 26.4. The summed E-state index contributed by atoms with van der Waals surface area (Å²) in [7, 11) is 1.45. The number of likely N-dealkylation sites (tertiary alicyclic amines) is 1. The van der Waals surface area contributed by atoms with Gasteiger partial charge in [0.1, 0.15) is 6.61 Å². The maximum Gasteiger partial charge on any atom is 0.410 e. The van der Waals surface area contributed by atoms with E-state index in [1.807, 2.05) is 35.2 Å². The van der Waals surface area contributed by atoms with Crippen LogP contribution in [0.15, 0.2) is 30.3 Å². The Labute approximate surface area is 142 Å². The molecule has 1 amide bonds. The number of carbonyl (C=O) groups excluding carboxylic acids is 2. The second-order valence-corrected chi connectivity index (χ2v) is 7.01. The summed E-state index contributed by atoms with van der Waals surface area (Å²) >= 11 is 0. The molecule has 1 aromatic carbocycles. The maximum absolute atomic E-state index is 12.3. The first-order valence-corrected chi connectivity index (χ1v) is 8.65. The lowest BCUT2D eigenvalue weighted by Gasteiger charge is -2.36. The molecule has 2 aliphatic rings. The molecule has 1 spiro atoms. The summed E-state index contributed by atoms with van der Waals surface area (Å²) in [6.45, 7) is 1.80. The minimum absolute atomic E-state index is 0.0275. The number of amides is 1. The molecule has 3 rings (SSSR count). The van der Waals surface area contributed by atoms with Gasteiger partial charge in [-0.2, -0.15) is 0 Å². The van der Waals surface area contributed by atoms with Crippen molar-refractivity contribution in [3.63, 3.8) is 0 Å². The molecule has 1 aliphatic carbocycles. The molecule has 0 N–H and O–H groups in total. The molecule has 1 saturated heterocycles. The lowest BCUT2D eigenvalue weighted by molar-refractivity contribution is -0.147. The monoisotopic (exact) mass is 331 g/mol. The van der Waals surface area contributed by atoms with Crippen molar-refractivity contribution < 1.29 is 19.1 Å². The van der Waals surface area contributed by atoms with Crippen LogP contribution in [0.2, 0.25) is 0 Å². The van der Waals surface area contributed by atoms with E-state index in [4.69, 9.17) is 9.47 Å². The standard InChI is InChI=1S/C19H25NO4/c1-23-17(21)16-7-9-19(10-8-16)11-12-20(14-19)18(22)24-13-15-5-3-2-4-6-15/h2-6,16H,7-14H2,1H3. The number of methoxy groups -OCH3 is 1. The fourth-order valence-corrected chi connectivity index (χ4v) is 3.94. The zero-order chi connectivity index (χ0) is 17.0. The van der Waals surface area contributed by atoms with Crippen molar-refractivity contribution in [3.05, 3.63) is 35.9 Å². The Morgan fingerprint density at radius 1 is 1.17 bits per heavy atom. The van der Waals surface area contributed by atoms with Gasteiger partial charge in [0.25, 0.3) is 0 Å². The average Bonchev–Trinajstić information content (AvgIpc) is 3.04. The molecule has 0 atom stereocenters. The average molecular weight is 331 g/mol. The molecule has 5 heteroatoms. The molecular weight excluding hydrogens is 306 g/mol. The second-order valence-electron chi connectivity index (χ2n) is 7.01. The number of nitrogens with zero attached hydrogens (tertiary/aromatic N) is 1. The third-order valence-electron chi connectivity index (χ3n) is 5.48. The Kier molecular flexibility index (Phi) is 5.07. The van der Waals surface area contributed by atoms with Crippen LogP contribution in [0.5, 0.6) is 0 Å². The highest BCUT2D eigenvalue weighted by Crippen LogP contribution is 2.45. The minimum Gasteiger partial charge on any atom is -0.469 e. The predicted octanol–water partition coefficient (Wildman–Crippen LogP) is 3.38. The molecule has 2 fully saturated rings. The summed E-state index contributed by atoms with van der Waals surface area (Å²) in [5.41, 5.74) is 1.16. The Morgan fingerprint density at radius 2 is 1.88 bits per heavy atom. The first kappa shape index (κ1) is 16.8. The third kappa shape index (κ3) is 3.71. The van der Waals surface area contributed by atoms with Gasteiger partial charge < -0.3 is 14.4 Å².